The molecular weight excluding hydrogens is 360 g/mol. The number of halogens is 1. The lowest BCUT2D eigenvalue weighted by Crippen LogP contribution is -2.39. The summed E-state index contributed by atoms with van der Waals surface area (Å²) >= 11 is 5.91. The fraction of sp³-hybridized carbons (Fsp3) is 0.375. The van der Waals surface area contributed by atoms with Gasteiger partial charge in [-0.3, -0.25) is 19.1 Å². The van der Waals surface area contributed by atoms with Crippen LogP contribution in [0.3, 0.4) is 0 Å². The highest BCUT2D eigenvalue weighted by Gasteiger charge is 2.18. The van der Waals surface area contributed by atoms with Crippen LogP contribution in [-0.2, 0) is 11.3 Å². The number of pyridine rings is 1. The molecule has 0 fully saturated rings. The highest BCUT2D eigenvalue weighted by atomic mass is 35.5. The Balaban J connectivity index is 2.22. The number of hydrogen-bond acceptors (Lipinski definition) is 6. The number of nitrogens with two attached hydrogens (primary N) is 1. The third kappa shape index (κ3) is 4.42. The van der Waals surface area contributed by atoms with Crippen molar-refractivity contribution in [2.75, 3.05) is 29.5 Å². The number of aromatic amines is 1. The predicted octanol–water partition coefficient (Wildman–Crippen LogP) is 1.04. The first-order valence-corrected chi connectivity index (χ1v) is 8.47. The predicted molar refractivity (Wildman–Crippen MR) is 102 cm³/mol. The summed E-state index contributed by atoms with van der Waals surface area (Å²) in [7, 11) is 1.54. The second-order valence-corrected chi connectivity index (χ2v) is 6.10. The number of likely N-dealkylation sites (N-methyl/N-ethyl adjacent to an activating group) is 1. The van der Waals surface area contributed by atoms with E-state index in [4.69, 9.17) is 17.3 Å². The van der Waals surface area contributed by atoms with Gasteiger partial charge in [-0.2, -0.15) is 0 Å². The van der Waals surface area contributed by atoms with Crippen molar-refractivity contribution in [1.82, 2.24) is 14.5 Å². The maximum Gasteiger partial charge on any atom is 0.330 e. The van der Waals surface area contributed by atoms with Crippen LogP contribution in [0.5, 0.6) is 0 Å². The van der Waals surface area contributed by atoms with Gasteiger partial charge in [-0.25, -0.2) is 9.78 Å². The first kappa shape index (κ1) is 19.5. The van der Waals surface area contributed by atoms with Crippen LogP contribution in [0.25, 0.3) is 0 Å². The van der Waals surface area contributed by atoms with Gasteiger partial charge in [0.1, 0.15) is 11.5 Å². The molecule has 2 aromatic heterocycles. The van der Waals surface area contributed by atoms with Crippen molar-refractivity contribution in [2.24, 2.45) is 0 Å². The summed E-state index contributed by atoms with van der Waals surface area (Å²) in [4.78, 5) is 43.8. The van der Waals surface area contributed by atoms with Crippen molar-refractivity contribution < 1.29 is 4.79 Å². The topological polar surface area (TPSA) is 126 Å². The Morgan fingerprint density at radius 3 is 2.85 bits per heavy atom. The third-order valence-corrected chi connectivity index (χ3v) is 4.05. The Kier molecular flexibility index (Phi) is 6.40. The second-order valence-electron chi connectivity index (χ2n) is 5.74. The molecule has 0 spiro atoms. The van der Waals surface area contributed by atoms with Gasteiger partial charge in [0.15, 0.2) is 5.15 Å². The largest absolute Gasteiger partial charge is 0.383 e. The quantitative estimate of drug-likeness (QED) is 0.616. The van der Waals surface area contributed by atoms with E-state index < -0.39 is 17.2 Å². The molecule has 0 bridgehead atoms. The molecule has 0 aliphatic carbocycles. The number of aromatic nitrogens is 3. The molecule has 2 rings (SSSR count). The SMILES string of the molecule is CCCCn1c(N)c(N(C)CC(=O)Nc2cccnc2Cl)c(=O)[nH]c1=O. The van der Waals surface area contributed by atoms with E-state index in [1.807, 2.05) is 6.92 Å². The maximum atomic E-state index is 12.2. The number of nitrogens with zero attached hydrogens (tertiary/aromatic N) is 3. The van der Waals surface area contributed by atoms with Crippen LogP contribution in [0.15, 0.2) is 27.9 Å². The van der Waals surface area contributed by atoms with Gasteiger partial charge in [-0.15, -0.1) is 0 Å². The smallest absolute Gasteiger partial charge is 0.330 e. The van der Waals surface area contributed by atoms with Crippen LogP contribution in [0.1, 0.15) is 19.8 Å². The number of nitrogens with one attached hydrogen (secondary N) is 2. The number of carbonyl (C=O) groups is 1. The van der Waals surface area contributed by atoms with Crippen molar-refractivity contribution >= 4 is 34.7 Å². The Labute approximate surface area is 154 Å². The fourth-order valence-electron chi connectivity index (χ4n) is 2.45. The van der Waals surface area contributed by atoms with Gasteiger partial charge in [0.25, 0.3) is 5.56 Å². The molecule has 26 heavy (non-hydrogen) atoms. The molecule has 1 amide bonds. The van der Waals surface area contributed by atoms with E-state index in [9.17, 15) is 14.4 Å². The van der Waals surface area contributed by atoms with E-state index in [-0.39, 0.29) is 23.2 Å². The van der Waals surface area contributed by atoms with E-state index in [2.05, 4.69) is 15.3 Å². The minimum absolute atomic E-state index is 0.0295. The van der Waals surface area contributed by atoms with E-state index in [0.717, 1.165) is 12.8 Å². The molecular formula is C16H21ClN6O3. The lowest BCUT2D eigenvalue weighted by Gasteiger charge is -2.21. The summed E-state index contributed by atoms with van der Waals surface area (Å²) in [5.41, 5.74) is 5.24. The van der Waals surface area contributed by atoms with Gasteiger partial charge in [-0.05, 0) is 18.6 Å². The number of unbranched alkanes of at least 4 members (excludes halogenated alkanes) is 1. The Bertz CT molecular complexity index is 908. The molecule has 0 radical (unpaired) electrons. The number of anilines is 3. The third-order valence-electron chi connectivity index (χ3n) is 3.75. The molecule has 140 valence electrons. The molecule has 0 aliphatic heterocycles. The van der Waals surface area contributed by atoms with Gasteiger partial charge in [0.05, 0.1) is 12.2 Å². The van der Waals surface area contributed by atoms with Gasteiger partial charge >= 0.3 is 5.69 Å². The van der Waals surface area contributed by atoms with Crippen molar-refractivity contribution in [3.63, 3.8) is 0 Å². The minimum Gasteiger partial charge on any atom is -0.383 e. The molecule has 0 saturated carbocycles. The Hall–Kier alpha value is -2.81. The average molecular weight is 381 g/mol. The van der Waals surface area contributed by atoms with Crippen molar-refractivity contribution in [3.05, 3.63) is 44.3 Å². The normalized spacial score (nSPS) is 10.6. The zero-order valence-electron chi connectivity index (χ0n) is 14.6. The first-order chi connectivity index (χ1) is 12.3. The van der Waals surface area contributed by atoms with Gasteiger partial charge in [0, 0.05) is 19.8 Å². The molecule has 10 heteroatoms. The summed E-state index contributed by atoms with van der Waals surface area (Å²) < 4.78 is 1.30. The summed E-state index contributed by atoms with van der Waals surface area (Å²) in [5, 5.41) is 2.77. The van der Waals surface area contributed by atoms with E-state index in [0.29, 0.717) is 12.2 Å². The Morgan fingerprint density at radius 2 is 2.19 bits per heavy atom. The van der Waals surface area contributed by atoms with Crippen LogP contribution >= 0.6 is 11.6 Å². The van der Waals surface area contributed by atoms with Crippen LogP contribution in [0.4, 0.5) is 17.2 Å². The first-order valence-electron chi connectivity index (χ1n) is 8.09. The maximum absolute atomic E-state index is 12.2. The molecule has 2 aromatic rings. The highest BCUT2D eigenvalue weighted by molar-refractivity contribution is 6.32. The van der Waals surface area contributed by atoms with Crippen LogP contribution in [0, 0.1) is 0 Å². The fourth-order valence-corrected chi connectivity index (χ4v) is 2.61. The monoisotopic (exact) mass is 380 g/mol. The standard InChI is InChI=1S/C16H21ClN6O3/c1-3-4-8-23-14(18)12(15(25)21-16(23)26)22(2)9-11(24)20-10-6-5-7-19-13(10)17/h5-7H,3-4,8-9,18H2,1-2H3,(H,20,24)(H,21,25,26). The lowest BCUT2D eigenvalue weighted by atomic mass is 10.3. The van der Waals surface area contributed by atoms with Gasteiger partial charge in [0.2, 0.25) is 5.91 Å². The van der Waals surface area contributed by atoms with Gasteiger partial charge in [-0.1, -0.05) is 24.9 Å². The number of nitrogen functional groups attached to an aromatic ring is 1. The molecule has 0 unspecified atom stereocenters. The van der Waals surface area contributed by atoms with E-state index in [1.54, 1.807) is 19.2 Å². The molecule has 0 aromatic carbocycles. The summed E-state index contributed by atoms with van der Waals surface area (Å²) in [6.07, 6.45) is 3.10. The molecule has 4 N–H and O–H groups in total. The minimum atomic E-state index is -0.644. The number of hydrogen-bond donors (Lipinski definition) is 3. The van der Waals surface area contributed by atoms with Crippen molar-refractivity contribution in [3.8, 4) is 0 Å². The Morgan fingerprint density at radius 1 is 1.46 bits per heavy atom. The molecule has 0 atom stereocenters. The number of rotatable bonds is 7. The number of amides is 1. The summed E-state index contributed by atoms with van der Waals surface area (Å²) in [6, 6.07) is 3.25. The molecule has 9 nitrogen and oxygen atoms in total. The second kappa shape index (κ2) is 8.52. The van der Waals surface area contributed by atoms with Gasteiger partial charge < -0.3 is 16.0 Å². The van der Waals surface area contributed by atoms with E-state index >= 15 is 0 Å². The number of carbonyl (C=O) groups excluding carboxylic acids is 1. The summed E-state index contributed by atoms with van der Waals surface area (Å²) in [6.45, 7) is 2.20. The molecule has 2 heterocycles. The average Bonchev–Trinajstić information content (AvgIpc) is 2.56. The zero-order chi connectivity index (χ0) is 19.3. The van der Waals surface area contributed by atoms with Crippen LogP contribution in [0.2, 0.25) is 5.15 Å². The lowest BCUT2D eigenvalue weighted by molar-refractivity contribution is -0.114. The molecule has 0 saturated heterocycles. The highest BCUT2D eigenvalue weighted by Crippen LogP contribution is 2.18. The van der Waals surface area contributed by atoms with Crippen molar-refractivity contribution in [2.45, 2.75) is 26.3 Å². The number of H-pyrrole nitrogens is 1. The van der Waals surface area contributed by atoms with Crippen molar-refractivity contribution in [1.29, 1.82) is 0 Å². The van der Waals surface area contributed by atoms with Crippen LogP contribution < -0.4 is 27.2 Å². The molecule has 0 aliphatic rings. The van der Waals surface area contributed by atoms with E-state index in [1.165, 1.54) is 15.7 Å². The zero-order valence-corrected chi connectivity index (χ0v) is 15.3. The summed E-state index contributed by atoms with van der Waals surface area (Å²) in [5.74, 6) is -0.380. The van der Waals surface area contributed by atoms with Crippen LogP contribution in [-0.4, -0.2) is 34.0 Å².